The van der Waals surface area contributed by atoms with Crippen LogP contribution in [0.5, 0.6) is 0 Å². The van der Waals surface area contributed by atoms with Crippen molar-refractivity contribution in [1.29, 1.82) is 0 Å². The second-order valence-electron chi connectivity index (χ2n) is 4.54. The Hall–Kier alpha value is -1.44. The van der Waals surface area contributed by atoms with E-state index in [-0.39, 0.29) is 12.2 Å². The van der Waals surface area contributed by atoms with E-state index in [4.69, 9.17) is 10.8 Å². The molecule has 6 nitrogen and oxygen atoms in total. The lowest BCUT2D eigenvalue weighted by molar-refractivity contribution is -0.139. The fraction of sp³-hybridized carbons (Fsp3) is 0.462. The molecule has 1 aromatic carbocycles. The molecule has 0 saturated carbocycles. The minimum Gasteiger partial charge on any atom is -0.480 e. The second kappa shape index (κ2) is 7.98. The minimum atomic E-state index is -3.68. The topological polar surface area (TPSA) is 109 Å². The average molecular weight is 300 g/mol. The summed E-state index contributed by atoms with van der Waals surface area (Å²) in [4.78, 5) is 11.1. The van der Waals surface area contributed by atoms with E-state index in [1.54, 1.807) is 30.3 Å². The molecule has 20 heavy (non-hydrogen) atoms. The van der Waals surface area contributed by atoms with Crippen molar-refractivity contribution >= 4 is 16.0 Å². The lowest BCUT2D eigenvalue weighted by Gasteiger charge is -2.14. The highest BCUT2D eigenvalue weighted by Gasteiger charge is 2.23. The maximum Gasteiger partial charge on any atom is 0.321 e. The molecule has 0 spiro atoms. The van der Waals surface area contributed by atoms with E-state index in [0.717, 1.165) is 0 Å². The molecule has 0 fully saturated rings. The first-order valence-electron chi connectivity index (χ1n) is 6.41. The van der Waals surface area contributed by atoms with Gasteiger partial charge in [0.2, 0.25) is 10.0 Å². The summed E-state index contributed by atoms with van der Waals surface area (Å²) in [5.74, 6) is -1.40. The van der Waals surface area contributed by atoms with Crippen LogP contribution in [0.3, 0.4) is 0 Å². The maximum absolute atomic E-state index is 11.9. The number of sulfonamides is 1. The van der Waals surface area contributed by atoms with Crippen LogP contribution >= 0.6 is 0 Å². The zero-order chi connectivity index (χ0) is 15.0. The fourth-order valence-corrected chi connectivity index (χ4v) is 3.14. The summed E-state index contributed by atoms with van der Waals surface area (Å²) in [6, 6.07) is 7.53. The van der Waals surface area contributed by atoms with Crippen molar-refractivity contribution in [2.75, 3.05) is 6.54 Å². The van der Waals surface area contributed by atoms with Crippen molar-refractivity contribution in [2.45, 2.75) is 31.1 Å². The van der Waals surface area contributed by atoms with Gasteiger partial charge in [0.25, 0.3) is 0 Å². The lowest BCUT2D eigenvalue weighted by Crippen LogP contribution is -2.41. The molecule has 0 aliphatic carbocycles. The van der Waals surface area contributed by atoms with E-state index in [0.29, 0.717) is 24.9 Å². The van der Waals surface area contributed by atoms with Crippen molar-refractivity contribution in [3.63, 3.8) is 0 Å². The normalized spacial score (nSPS) is 13.1. The number of carbonyl (C=O) groups is 1. The Balaban J connectivity index is 2.64. The first kappa shape index (κ1) is 16.6. The van der Waals surface area contributed by atoms with E-state index in [9.17, 15) is 13.2 Å². The van der Waals surface area contributed by atoms with Gasteiger partial charge in [-0.25, -0.2) is 13.1 Å². The number of nitrogens with two attached hydrogens (primary N) is 1. The molecule has 1 rings (SSSR count). The summed E-state index contributed by atoms with van der Waals surface area (Å²) in [7, 11) is -3.68. The van der Waals surface area contributed by atoms with Crippen molar-refractivity contribution in [1.82, 2.24) is 4.72 Å². The van der Waals surface area contributed by atoms with Crippen molar-refractivity contribution in [3.05, 3.63) is 35.9 Å². The quantitative estimate of drug-likeness (QED) is 0.581. The molecule has 0 radical (unpaired) electrons. The van der Waals surface area contributed by atoms with Crippen molar-refractivity contribution < 1.29 is 18.3 Å². The predicted molar refractivity (Wildman–Crippen MR) is 76.5 cm³/mol. The molecule has 0 heterocycles. The predicted octanol–water partition coefficient (Wildman–Crippen LogP) is 0.688. The van der Waals surface area contributed by atoms with Crippen LogP contribution in [0.4, 0.5) is 0 Å². The first-order valence-corrected chi connectivity index (χ1v) is 8.06. The average Bonchev–Trinajstić information content (AvgIpc) is 2.38. The summed E-state index contributed by atoms with van der Waals surface area (Å²) < 4.78 is 26.1. The third-order valence-electron chi connectivity index (χ3n) is 2.77. The van der Waals surface area contributed by atoms with Crippen LogP contribution in [-0.2, 0) is 20.6 Å². The number of hydrogen-bond acceptors (Lipinski definition) is 4. The first-order chi connectivity index (χ1) is 9.44. The van der Waals surface area contributed by atoms with Crippen LogP contribution < -0.4 is 10.5 Å². The molecular weight excluding hydrogens is 280 g/mol. The van der Waals surface area contributed by atoms with Gasteiger partial charge in [0, 0.05) is 0 Å². The Bertz CT molecular complexity index is 516. The van der Waals surface area contributed by atoms with Gasteiger partial charge in [-0.3, -0.25) is 4.79 Å². The Labute approximate surface area is 119 Å². The smallest absolute Gasteiger partial charge is 0.321 e. The van der Waals surface area contributed by atoms with Crippen LogP contribution in [0, 0.1) is 0 Å². The van der Waals surface area contributed by atoms with Crippen molar-refractivity contribution in [3.8, 4) is 0 Å². The fourth-order valence-electron chi connectivity index (χ4n) is 1.78. The molecule has 4 N–H and O–H groups in total. The number of rotatable bonds is 9. The lowest BCUT2D eigenvalue weighted by atomic mass is 10.1. The molecule has 0 amide bonds. The Morgan fingerprint density at radius 3 is 2.45 bits per heavy atom. The summed E-state index contributed by atoms with van der Waals surface area (Å²) in [5, 5.41) is 9.04. The molecule has 0 aromatic heterocycles. The number of aliphatic carboxylic acids is 1. The van der Waals surface area contributed by atoms with Gasteiger partial charge >= 0.3 is 5.97 Å². The van der Waals surface area contributed by atoms with Crippen molar-refractivity contribution in [2.24, 2.45) is 5.73 Å². The SMILES string of the molecule is NCCCC[C@H](NS(=O)(=O)Cc1ccccc1)C(=O)O. The van der Waals surface area contributed by atoms with Gasteiger partial charge in [0.1, 0.15) is 6.04 Å². The highest BCUT2D eigenvalue weighted by Crippen LogP contribution is 2.07. The van der Waals surface area contributed by atoms with Crippen LogP contribution in [0.1, 0.15) is 24.8 Å². The zero-order valence-electron chi connectivity index (χ0n) is 11.2. The van der Waals surface area contributed by atoms with E-state index >= 15 is 0 Å². The molecule has 7 heteroatoms. The van der Waals surface area contributed by atoms with E-state index in [1.807, 2.05) is 0 Å². The summed E-state index contributed by atoms with van der Waals surface area (Å²) in [5.41, 5.74) is 5.95. The summed E-state index contributed by atoms with van der Waals surface area (Å²) in [6.07, 6.45) is 1.48. The second-order valence-corrected chi connectivity index (χ2v) is 6.29. The number of carboxylic acids is 1. The van der Waals surface area contributed by atoms with Crippen LogP contribution in [-0.4, -0.2) is 32.1 Å². The van der Waals surface area contributed by atoms with E-state index in [2.05, 4.69) is 4.72 Å². The zero-order valence-corrected chi connectivity index (χ0v) is 12.0. The molecule has 0 aliphatic heterocycles. The molecule has 112 valence electrons. The highest BCUT2D eigenvalue weighted by molar-refractivity contribution is 7.88. The highest BCUT2D eigenvalue weighted by atomic mass is 32.2. The van der Waals surface area contributed by atoms with Gasteiger partial charge in [0.15, 0.2) is 0 Å². The third kappa shape index (κ3) is 6.14. The van der Waals surface area contributed by atoms with E-state index < -0.39 is 22.0 Å². The number of carboxylic acid groups (broad SMARTS) is 1. The van der Waals surface area contributed by atoms with Gasteiger partial charge in [-0.15, -0.1) is 0 Å². The monoisotopic (exact) mass is 300 g/mol. The van der Waals surface area contributed by atoms with Gasteiger partial charge in [-0.1, -0.05) is 36.8 Å². The van der Waals surface area contributed by atoms with Gasteiger partial charge < -0.3 is 10.8 Å². The largest absolute Gasteiger partial charge is 0.480 e. The maximum atomic E-state index is 11.9. The number of unbranched alkanes of at least 4 members (excludes halogenated alkanes) is 1. The molecule has 0 aliphatic rings. The van der Waals surface area contributed by atoms with Gasteiger partial charge in [-0.2, -0.15) is 0 Å². The van der Waals surface area contributed by atoms with Crippen LogP contribution in [0.2, 0.25) is 0 Å². The van der Waals surface area contributed by atoms with Crippen LogP contribution in [0.15, 0.2) is 30.3 Å². The molecule has 1 atom stereocenters. The molecule has 0 bridgehead atoms. The summed E-state index contributed by atoms with van der Waals surface area (Å²) in [6.45, 7) is 0.461. The third-order valence-corrected chi connectivity index (χ3v) is 4.12. The Morgan fingerprint density at radius 1 is 1.25 bits per heavy atom. The molecular formula is C13H20N2O4S. The Morgan fingerprint density at radius 2 is 1.90 bits per heavy atom. The number of benzene rings is 1. The Kier molecular flexibility index (Phi) is 6.63. The van der Waals surface area contributed by atoms with Crippen LogP contribution in [0.25, 0.3) is 0 Å². The summed E-state index contributed by atoms with van der Waals surface area (Å²) >= 11 is 0. The minimum absolute atomic E-state index is 0.228. The van der Waals surface area contributed by atoms with Gasteiger partial charge in [-0.05, 0) is 24.9 Å². The van der Waals surface area contributed by atoms with Gasteiger partial charge in [0.05, 0.1) is 5.75 Å². The molecule has 0 unspecified atom stereocenters. The number of hydrogen-bond donors (Lipinski definition) is 3. The molecule has 1 aromatic rings. The van der Waals surface area contributed by atoms with E-state index in [1.165, 1.54) is 0 Å². The molecule has 0 saturated heterocycles. The number of nitrogens with one attached hydrogen (secondary N) is 1. The standard InChI is InChI=1S/C13H20N2O4S/c14-9-5-4-8-12(13(16)17)15-20(18,19)10-11-6-2-1-3-7-11/h1-3,6-7,12,15H,4-5,8-10,14H2,(H,16,17)/t12-/m0/s1.